The summed E-state index contributed by atoms with van der Waals surface area (Å²) in [5.74, 6) is 0.606. The predicted molar refractivity (Wildman–Crippen MR) is 90.4 cm³/mol. The van der Waals surface area contributed by atoms with Gasteiger partial charge < -0.3 is 4.74 Å². The van der Waals surface area contributed by atoms with Crippen LogP contribution in [0.5, 0.6) is 5.75 Å². The quantitative estimate of drug-likeness (QED) is 0.794. The summed E-state index contributed by atoms with van der Waals surface area (Å²) in [6.45, 7) is 0.217. The van der Waals surface area contributed by atoms with Crippen molar-refractivity contribution in [2.75, 3.05) is 13.1 Å². The molecule has 1 aliphatic rings. The van der Waals surface area contributed by atoms with Gasteiger partial charge in [0.1, 0.15) is 17.9 Å². The van der Waals surface area contributed by atoms with Crippen molar-refractivity contribution in [2.45, 2.75) is 23.6 Å². The van der Waals surface area contributed by atoms with Crippen molar-refractivity contribution in [3.05, 3.63) is 59.7 Å². The van der Waals surface area contributed by atoms with E-state index in [1.165, 1.54) is 0 Å². The third-order valence-electron chi connectivity index (χ3n) is 4.20. The second-order valence-corrected chi connectivity index (χ2v) is 7.93. The van der Waals surface area contributed by atoms with Crippen LogP contribution in [0.1, 0.15) is 17.5 Å². The Balaban J connectivity index is 1.82. The van der Waals surface area contributed by atoms with Gasteiger partial charge in [-0.2, -0.15) is 22.7 Å². The molecule has 1 fully saturated rings. The zero-order valence-corrected chi connectivity index (χ0v) is 14.8. The van der Waals surface area contributed by atoms with Gasteiger partial charge in [0.25, 0.3) is 0 Å². The Bertz CT molecular complexity index is 970. The number of alkyl halides is 3. The Hall–Kier alpha value is -2.57. The summed E-state index contributed by atoms with van der Waals surface area (Å²) in [6, 6.07) is 12.5. The molecular formula is C18H15F3N2O3S. The first kappa shape index (κ1) is 19.2. The number of sulfonamides is 1. The van der Waals surface area contributed by atoms with Crippen molar-refractivity contribution < 1.29 is 26.3 Å². The van der Waals surface area contributed by atoms with E-state index < -0.39 is 32.2 Å². The Morgan fingerprint density at radius 1 is 1.15 bits per heavy atom. The van der Waals surface area contributed by atoms with Gasteiger partial charge in [0.2, 0.25) is 10.0 Å². The lowest BCUT2D eigenvalue weighted by Crippen LogP contribution is -2.31. The SMILES string of the molecule is N#Cc1cc(C(F)(F)F)ccc1S(=O)(=O)N1CC[C@@H](Oc2ccccc2)C1. The van der Waals surface area contributed by atoms with Gasteiger partial charge in [-0.05, 0) is 36.8 Å². The molecule has 2 aromatic carbocycles. The minimum absolute atomic E-state index is 0.0586. The van der Waals surface area contributed by atoms with Crippen LogP contribution in [0.15, 0.2) is 53.4 Å². The fourth-order valence-corrected chi connectivity index (χ4v) is 4.47. The highest BCUT2D eigenvalue weighted by molar-refractivity contribution is 7.89. The zero-order valence-electron chi connectivity index (χ0n) is 14.0. The second-order valence-electron chi connectivity index (χ2n) is 6.03. The molecule has 0 bridgehead atoms. The van der Waals surface area contributed by atoms with E-state index in [4.69, 9.17) is 10.00 Å². The van der Waals surface area contributed by atoms with Crippen LogP contribution in [0, 0.1) is 11.3 Å². The summed E-state index contributed by atoms with van der Waals surface area (Å²) in [5.41, 5.74) is -1.60. The average Bonchev–Trinajstić information content (AvgIpc) is 3.10. The van der Waals surface area contributed by atoms with Gasteiger partial charge in [-0.15, -0.1) is 0 Å². The van der Waals surface area contributed by atoms with Crippen molar-refractivity contribution in [2.24, 2.45) is 0 Å². The van der Waals surface area contributed by atoms with E-state index in [2.05, 4.69) is 0 Å². The Morgan fingerprint density at radius 3 is 2.48 bits per heavy atom. The van der Waals surface area contributed by atoms with Gasteiger partial charge in [-0.25, -0.2) is 8.42 Å². The molecule has 0 radical (unpaired) electrons. The number of para-hydroxylation sites is 1. The van der Waals surface area contributed by atoms with Crippen molar-refractivity contribution in [3.63, 3.8) is 0 Å². The van der Waals surface area contributed by atoms with Gasteiger partial charge in [0, 0.05) is 6.54 Å². The molecule has 0 unspecified atom stereocenters. The van der Waals surface area contributed by atoms with Gasteiger partial charge in [-0.1, -0.05) is 18.2 Å². The van der Waals surface area contributed by atoms with E-state index in [1.807, 2.05) is 6.07 Å². The van der Waals surface area contributed by atoms with Crippen LogP contribution in [0.4, 0.5) is 13.2 Å². The number of hydrogen-bond acceptors (Lipinski definition) is 4. The van der Waals surface area contributed by atoms with Gasteiger partial charge in [0.15, 0.2) is 0 Å². The topological polar surface area (TPSA) is 70.4 Å². The number of ether oxygens (including phenoxy) is 1. The Labute approximate surface area is 154 Å². The molecule has 9 heteroatoms. The molecule has 27 heavy (non-hydrogen) atoms. The lowest BCUT2D eigenvalue weighted by molar-refractivity contribution is -0.137. The maximum Gasteiger partial charge on any atom is 0.416 e. The molecule has 0 amide bonds. The first-order chi connectivity index (χ1) is 12.7. The lowest BCUT2D eigenvalue weighted by atomic mass is 10.1. The molecule has 1 saturated heterocycles. The number of hydrogen-bond donors (Lipinski definition) is 0. The molecule has 1 aliphatic heterocycles. The summed E-state index contributed by atoms with van der Waals surface area (Å²) in [5, 5.41) is 9.14. The van der Waals surface area contributed by atoms with E-state index in [0.717, 1.165) is 10.4 Å². The molecule has 0 N–H and O–H groups in total. The van der Waals surface area contributed by atoms with E-state index in [1.54, 1.807) is 30.3 Å². The van der Waals surface area contributed by atoms with E-state index in [9.17, 15) is 21.6 Å². The largest absolute Gasteiger partial charge is 0.489 e. The maximum absolute atomic E-state index is 12.8. The first-order valence-electron chi connectivity index (χ1n) is 8.05. The van der Waals surface area contributed by atoms with Crippen LogP contribution in [0.25, 0.3) is 0 Å². The molecule has 0 saturated carbocycles. The van der Waals surface area contributed by atoms with Crippen molar-refractivity contribution in [3.8, 4) is 11.8 Å². The van der Waals surface area contributed by atoms with Crippen LogP contribution < -0.4 is 4.74 Å². The molecular weight excluding hydrogens is 381 g/mol. The van der Waals surface area contributed by atoms with Crippen LogP contribution >= 0.6 is 0 Å². The van der Waals surface area contributed by atoms with E-state index in [0.29, 0.717) is 24.3 Å². The van der Waals surface area contributed by atoms with Gasteiger partial charge >= 0.3 is 6.18 Å². The highest BCUT2D eigenvalue weighted by Crippen LogP contribution is 2.33. The third-order valence-corrected chi connectivity index (χ3v) is 6.12. The predicted octanol–water partition coefficient (Wildman–Crippen LogP) is 3.42. The average molecular weight is 396 g/mol. The number of nitriles is 1. The molecule has 0 spiro atoms. The van der Waals surface area contributed by atoms with Crippen molar-refractivity contribution in [1.29, 1.82) is 5.26 Å². The standard InChI is InChI=1S/C18H15F3N2O3S/c19-18(20,21)14-6-7-17(13(10-14)11-22)27(24,25)23-9-8-16(12-23)26-15-4-2-1-3-5-15/h1-7,10,16H,8-9,12H2/t16-/m1/s1. The number of benzene rings is 2. The Kier molecular flexibility index (Phi) is 5.13. The first-order valence-corrected chi connectivity index (χ1v) is 9.49. The normalized spacial score (nSPS) is 18.2. The molecule has 3 rings (SSSR count). The highest BCUT2D eigenvalue weighted by atomic mass is 32.2. The molecule has 0 aliphatic carbocycles. The maximum atomic E-state index is 12.8. The van der Waals surface area contributed by atoms with Gasteiger partial charge in [-0.3, -0.25) is 0 Å². The third kappa shape index (κ3) is 4.07. The van der Waals surface area contributed by atoms with Crippen LogP contribution in [0.3, 0.4) is 0 Å². The van der Waals surface area contributed by atoms with E-state index in [-0.39, 0.29) is 19.2 Å². The number of nitrogens with zero attached hydrogens (tertiary/aromatic N) is 2. The Morgan fingerprint density at radius 2 is 1.85 bits per heavy atom. The van der Waals surface area contributed by atoms with Crippen LogP contribution in [-0.2, 0) is 16.2 Å². The molecule has 0 aromatic heterocycles. The molecule has 1 atom stereocenters. The van der Waals surface area contributed by atoms with E-state index >= 15 is 0 Å². The number of rotatable bonds is 4. The van der Waals surface area contributed by atoms with Crippen molar-refractivity contribution in [1.82, 2.24) is 4.31 Å². The summed E-state index contributed by atoms with van der Waals surface area (Å²) in [7, 11) is -4.11. The smallest absolute Gasteiger partial charge is 0.416 e. The van der Waals surface area contributed by atoms with Crippen LogP contribution in [0.2, 0.25) is 0 Å². The fourth-order valence-electron chi connectivity index (χ4n) is 2.86. The van der Waals surface area contributed by atoms with Crippen molar-refractivity contribution >= 4 is 10.0 Å². The summed E-state index contributed by atoms with van der Waals surface area (Å²) in [6.07, 6.45) is -4.59. The second kappa shape index (κ2) is 7.21. The van der Waals surface area contributed by atoms with Gasteiger partial charge in [0.05, 0.1) is 22.6 Å². The summed E-state index contributed by atoms with van der Waals surface area (Å²) >= 11 is 0. The fraction of sp³-hybridized carbons (Fsp3) is 0.278. The molecule has 1 heterocycles. The minimum atomic E-state index is -4.66. The van der Waals surface area contributed by atoms with Crippen LogP contribution in [-0.4, -0.2) is 31.9 Å². The molecule has 142 valence electrons. The minimum Gasteiger partial charge on any atom is -0.489 e. The summed E-state index contributed by atoms with van der Waals surface area (Å²) in [4.78, 5) is -0.432. The molecule has 5 nitrogen and oxygen atoms in total. The zero-order chi connectivity index (χ0) is 19.7. The lowest BCUT2D eigenvalue weighted by Gasteiger charge is -2.18. The highest BCUT2D eigenvalue weighted by Gasteiger charge is 2.37. The monoisotopic (exact) mass is 396 g/mol. The molecule has 2 aromatic rings. The number of halogens is 3. The summed E-state index contributed by atoms with van der Waals surface area (Å²) < 4.78 is 70.9.